The third-order valence-corrected chi connectivity index (χ3v) is 1.79. The Morgan fingerprint density at radius 1 is 1.46 bits per heavy atom. The van der Waals surface area contributed by atoms with Crippen LogP contribution in [0, 0.1) is 0 Å². The molecule has 2 radical (unpaired) electrons. The maximum absolute atomic E-state index is 5.62. The number of nitrogens with one attached hydrogen (secondary N) is 1. The summed E-state index contributed by atoms with van der Waals surface area (Å²) in [7, 11) is 5.62. The zero-order chi connectivity index (χ0) is 9.90. The van der Waals surface area contributed by atoms with Crippen molar-refractivity contribution < 1.29 is 9.47 Å². The van der Waals surface area contributed by atoms with E-state index in [2.05, 4.69) is 5.32 Å². The third-order valence-electron chi connectivity index (χ3n) is 1.79. The second-order valence-corrected chi connectivity index (χ2v) is 4.38. The van der Waals surface area contributed by atoms with Crippen LogP contribution in [0.2, 0.25) is 0 Å². The summed E-state index contributed by atoms with van der Waals surface area (Å²) in [5.74, 6) is 0. The highest BCUT2D eigenvalue weighted by atomic mass is 16.5. The van der Waals surface area contributed by atoms with E-state index in [-0.39, 0.29) is 17.7 Å². The molecular formula is C9H18BNO2. The third kappa shape index (κ3) is 4.65. The van der Waals surface area contributed by atoms with Crippen LogP contribution in [0.15, 0.2) is 0 Å². The fraction of sp³-hybridized carbons (Fsp3) is 1.00. The highest BCUT2D eigenvalue weighted by Gasteiger charge is 2.20. The van der Waals surface area contributed by atoms with Crippen LogP contribution < -0.4 is 5.32 Å². The molecule has 3 nitrogen and oxygen atoms in total. The van der Waals surface area contributed by atoms with Crippen molar-refractivity contribution in [3.8, 4) is 0 Å². The van der Waals surface area contributed by atoms with E-state index in [1.165, 1.54) is 0 Å². The molecule has 1 fully saturated rings. The fourth-order valence-corrected chi connectivity index (χ4v) is 1.17. The molecule has 1 saturated heterocycles. The normalized spacial score (nSPS) is 30.4. The van der Waals surface area contributed by atoms with E-state index in [1.54, 1.807) is 0 Å². The second kappa shape index (κ2) is 4.44. The molecule has 1 rings (SSSR count). The largest absolute Gasteiger partial charge is 0.380 e. The molecule has 0 saturated carbocycles. The molecule has 1 aliphatic rings. The topological polar surface area (TPSA) is 30.5 Å². The fourth-order valence-electron chi connectivity index (χ4n) is 1.17. The lowest BCUT2D eigenvalue weighted by Gasteiger charge is -2.31. The molecule has 0 bridgehead atoms. The van der Waals surface area contributed by atoms with Crippen molar-refractivity contribution in [2.75, 3.05) is 19.7 Å². The van der Waals surface area contributed by atoms with E-state index < -0.39 is 0 Å². The summed E-state index contributed by atoms with van der Waals surface area (Å²) in [4.78, 5) is 0. The Labute approximate surface area is 81.6 Å². The molecule has 0 spiro atoms. The Morgan fingerprint density at radius 2 is 2.15 bits per heavy atom. The zero-order valence-electron chi connectivity index (χ0n) is 8.67. The van der Waals surface area contributed by atoms with Gasteiger partial charge in [-0.2, -0.15) is 0 Å². The Hall–Kier alpha value is -0.0551. The van der Waals surface area contributed by atoms with E-state index in [0.717, 1.165) is 13.1 Å². The lowest BCUT2D eigenvalue weighted by Crippen LogP contribution is -2.47. The lowest BCUT2D eigenvalue weighted by atomic mass is 9.98. The van der Waals surface area contributed by atoms with E-state index in [0.29, 0.717) is 6.61 Å². The van der Waals surface area contributed by atoms with Crippen LogP contribution in [0.1, 0.15) is 20.8 Å². The van der Waals surface area contributed by atoms with Crippen molar-refractivity contribution >= 4 is 7.85 Å². The van der Waals surface area contributed by atoms with Crippen LogP contribution in [0.4, 0.5) is 0 Å². The molecule has 4 heteroatoms. The predicted molar refractivity (Wildman–Crippen MR) is 53.0 cm³/mol. The number of hydrogen-bond donors (Lipinski definition) is 1. The predicted octanol–water partition coefficient (Wildman–Crippen LogP) is 0.284. The van der Waals surface area contributed by atoms with Gasteiger partial charge in [0, 0.05) is 19.1 Å². The molecule has 1 aliphatic heterocycles. The Balaban J connectivity index is 2.21. The molecule has 0 aromatic heterocycles. The van der Waals surface area contributed by atoms with Crippen LogP contribution in [0.5, 0.6) is 0 Å². The van der Waals surface area contributed by atoms with Gasteiger partial charge in [0.15, 0.2) is 0 Å². The number of ether oxygens (including phenoxy) is 2. The average molecular weight is 183 g/mol. The van der Waals surface area contributed by atoms with Crippen molar-refractivity contribution in [2.45, 2.75) is 38.5 Å². The van der Waals surface area contributed by atoms with Gasteiger partial charge in [-0.3, -0.25) is 0 Å². The first-order chi connectivity index (χ1) is 5.97. The number of morpholine rings is 1. The Bertz CT molecular complexity index is 158. The molecule has 0 aliphatic carbocycles. The van der Waals surface area contributed by atoms with Crippen molar-refractivity contribution in [1.29, 1.82) is 0 Å². The molecule has 2 unspecified atom stereocenters. The standard InChI is InChI=1S/C9H18BNO2/c1-9(2,3)12-6-7-4-11-5-8(10)13-7/h7-8,11H,4-6H2,1-3H3. The van der Waals surface area contributed by atoms with Crippen LogP contribution in [0.3, 0.4) is 0 Å². The molecule has 74 valence electrons. The van der Waals surface area contributed by atoms with Gasteiger partial charge < -0.3 is 14.8 Å². The maximum atomic E-state index is 5.62. The molecular weight excluding hydrogens is 165 g/mol. The summed E-state index contributed by atoms with van der Waals surface area (Å²) in [6.45, 7) is 8.25. The number of rotatable bonds is 2. The summed E-state index contributed by atoms with van der Waals surface area (Å²) in [6, 6.07) is -0.192. The van der Waals surface area contributed by atoms with Crippen molar-refractivity contribution in [1.82, 2.24) is 5.32 Å². The molecule has 13 heavy (non-hydrogen) atoms. The molecule has 0 amide bonds. The van der Waals surface area contributed by atoms with Gasteiger partial charge in [-0.05, 0) is 20.8 Å². The van der Waals surface area contributed by atoms with Crippen molar-refractivity contribution in [3.05, 3.63) is 0 Å². The minimum Gasteiger partial charge on any atom is -0.380 e. The van der Waals surface area contributed by atoms with Gasteiger partial charge in [0.1, 0.15) is 7.85 Å². The van der Waals surface area contributed by atoms with E-state index in [4.69, 9.17) is 17.3 Å². The van der Waals surface area contributed by atoms with Gasteiger partial charge in [0.2, 0.25) is 0 Å². The van der Waals surface area contributed by atoms with Gasteiger partial charge in [-0.25, -0.2) is 0 Å². The number of hydrogen-bond acceptors (Lipinski definition) is 3. The summed E-state index contributed by atoms with van der Waals surface area (Å²) in [6.07, 6.45) is 0.0861. The first kappa shape index (κ1) is 11.0. The minimum absolute atomic E-state index is 0.0861. The highest BCUT2D eigenvalue weighted by molar-refractivity contribution is 6.11. The van der Waals surface area contributed by atoms with Crippen LogP contribution in [-0.4, -0.2) is 45.3 Å². The molecule has 1 N–H and O–H groups in total. The summed E-state index contributed by atoms with van der Waals surface area (Å²) >= 11 is 0. The van der Waals surface area contributed by atoms with Gasteiger partial charge in [-0.1, -0.05) is 0 Å². The lowest BCUT2D eigenvalue weighted by molar-refractivity contribution is -0.0893. The van der Waals surface area contributed by atoms with Gasteiger partial charge in [0.05, 0.1) is 18.3 Å². The van der Waals surface area contributed by atoms with Crippen molar-refractivity contribution in [2.24, 2.45) is 0 Å². The maximum Gasteiger partial charge on any atom is 0.110 e. The average Bonchev–Trinajstić information content (AvgIpc) is 2.00. The quantitative estimate of drug-likeness (QED) is 0.624. The molecule has 2 atom stereocenters. The Kier molecular flexibility index (Phi) is 3.77. The highest BCUT2D eigenvalue weighted by Crippen LogP contribution is 2.09. The first-order valence-corrected chi connectivity index (χ1v) is 4.73. The van der Waals surface area contributed by atoms with Crippen LogP contribution in [0.25, 0.3) is 0 Å². The van der Waals surface area contributed by atoms with Crippen LogP contribution >= 0.6 is 0 Å². The summed E-state index contributed by atoms with van der Waals surface area (Å²) < 4.78 is 11.1. The smallest absolute Gasteiger partial charge is 0.110 e. The second-order valence-electron chi connectivity index (χ2n) is 4.38. The van der Waals surface area contributed by atoms with E-state index in [1.807, 2.05) is 20.8 Å². The molecule has 0 aromatic carbocycles. The first-order valence-electron chi connectivity index (χ1n) is 4.73. The molecule has 0 aromatic rings. The van der Waals surface area contributed by atoms with Gasteiger partial charge in [0.25, 0.3) is 0 Å². The van der Waals surface area contributed by atoms with Crippen molar-refractivity contribution in [3.63, 3.8) is 0 Å². The van der Waals surface area contributed by atoms with Gasteiger partial charge in [-0.15, -0.1) is 0 Å². The van der Waals surface area contributed by atoms with E-state index >= 15 is 0 Å². The Morgan fingerprint density at radius 3 is 2.69 bits per heavy atom. The van der Waals surface area contributed by atoms with E-state index in [9.17, 15) is 0 Å². The minimum atomic E-state index is -0.192. The SMILES string of the molecule is [B]C1CNCC(COC(C)(C)C)O1. The van der Waals surface area contributed by atoms with Crippen LogP contribution in [-0.2, 0) is 9.47 Å². The zero-order valence-corrected chi connectivity index (χ0v) is 8.67. The summed E-state index contributed by atoms with van der Waals surface area (Å²) in [5.41, 5.74) is -0.106. The summed E-state index contributed by atoms with van der Waals surface area (Å²) in [5, 5.41) is 3.19. The van der Waals surface area contributed by atoms with Gasteiger partial charge >= 0.3 is 0 Å². The molecule has 1 heterocycles. The monoisotopic (exact) mass is 183 g/mol.